The van der Waals surface area contributed by atoms with Gasteiger partial charge in [0.2, 0.25) is 0 Å². The average Bonchev–Trinajstić information content (AvgIpc) is 2.89. The van der Waals surface area contributed by atoms with Crippen LogP contribution in [-0.4, -0.2) is 15.3 Å². The summed E-state index contributed by atoms with van der Waals surface area (Å²) in [5.41, 5.74) is 3.51. The SMILES string of the molecule is CCCSc1ccc2nc(CC(C)C)n(Cc3cccc(Cl)c3)c2c1. The second-order valence-corrected chi connectivity index (χ2v) is 8.45. The lowest BCUT2D eigenvalue weighted by Gasteiger charge is -2.12. The minimum atomic E-state index is 0.573. The topological polar surface area (TPSA) is 17.8 Å². The van der Waals surface area contributed by atoms with Crippen molar-refractivity contribution in [1.29, 1.82) is 0 Å². The fourth-order valence-electron chi connectivity index (χ4n) is 2.98. The van der Waals surface area contributed by atoms with Crippen LogP contribution < -0.4 is 0 Å². The number of fused-ring (bicyclic) bond motifs is 1. The molecular formula is C21H25ClN2S. The molecule has 0 bridgehead atoms. The maximum absolute atomic E-state index is 6.18. The van der Waals surface area contributed by atoms with Crippen LogP contribution in [0.25, 0.3) is 11.0 Å². The summed E-state index contributed by atoms with van der Waals surface area (Å²) >= 11 is 8.10. The van der Waals surface area contributed by atoms with E-state index in [9.17, 15) is 0 Å². The molecule has 1 heterocycles. The number of benzene rings is 2. The highest BCUT2D eigenvalue weighted by Gasteiger charge is 2.13. The number of thioether (sulfide) groups is 1. The van der Waals surface area contributed by atoms with E-state index in [1.54, 1.807) is 0 Å². The van der Waals surface area contributed by atoms with Gasteiger partial charge in [0.05, 0.1) is 11.0 Å². The molecule has 1 aromatic heterocycles. The van der Waals surface area contributed by atoms with E-state index in [0.717, 1.165) is 35.1 Å². The fourth-order valence-corrected chi connectivity index (χ4v) is 3.99. The van der Waals surface area contributed by atoms with Crippen molar-refractivity contribution < 1.29 is 0 Å². The first-order valence-corrected chi connectivity index (χ1v) is 10.3. The summed E-state index contributed by atoms with van der Waals surface area (Å²) in [5.74, 6) is 2.87. The molecule has 0 radical (unpaired) electrons. The molecule has 2 nitrogen and oxygen atoms in total. The number of aromatic nitrogens is 2. The lowest BCUT2D eigenvalue weighted by molar-refractivity contribution is 0.595. The van der Waals surface area contributed by atoms with Crippen molar-refractivity contribution in [2.75, 3.05) is 5.75 Å². The Labute approximate surface area is 159 Å². The predicted molar refractivity (Wildman–Crippen MR) is 110 cm³/mol. The summed E-state index contributed by atoms with van der Waals surface area (Å²) in [7, 11) is 0. The second-order valence-electron chi connectivity index (χ2n) is 6.84. The molecule has 0 N–H and O–H groups in total. The number of rotatable bonds is 7. The zero-order valence-electron chi connectivity index (χ0n) is 15.1. The first kappa shape index (κ1) is 18.3. The Morgan fingerprint density at radius 1 is 1.16 bits per heavy atom. The van der Waals surface area contributed by atoms with E-state index in [-0.39, 0.29) is 0 Å². The summed E-state index contributed by atoms with van der Waals surface area (Å²) in [6.07, 6.45) is 2.16. The molecule has 4 heteroatoms. The van der Waals surface area contributed by atoms with Gasteiger partial charge in [-0.15, -0.1) is 11.8 Å². The van der Waals surface area contributed by atoms with E-state index in [0.29, 0.717) is 5.92 Å². The Kier molecular flexibility index (Phi) is 6.08. The van der Waals surface area contributed by atoms with Gasteiger partial charge in [0.15, 0.2) is 0 Å². The highest BCUT2D eigenvalue weighted by molar-refractivity contribution is 7.99. The van der Waals surface area contributed by atoms with Crippen LogP contribution in [0.15, 0.2) is 47.4 Å². The van der Waals surface area contributed by atoms with Crippen molar-refractivity contribution in [1.82, 2.24) is 9.55 Å². The van der Waals surface area contributed by atoms with Gasteiger partial charge in [-0.25, -0.2) is 4.98 Å². The first-order valence-electron chi connectivity index (χ1n) is 8.93. The van der Waals surface area contributed by atoms with Gasteiger partial charge in [-0.2, -0.15) is 0 Å². The van der Waals surface area contributed by atoms with Gasteiger partial charge in [0.25, 0.3) is 0 Å². The van der Waals surface area contributed by atoms with Crippen molar-refractivity contribution >= 4 is 34.4 Å². The van der Waals surface area contributed by atoms with E-state index in [1.165, 1.54) is 22.4 Å². The lowest BCUT2D eigenvalue weighted by Crippen LogP contribution is -2.08. The molecule has 0 aliphatic carbocycles. The molecule has 0 fully saturated rings. The second kappa shape index (κ2) is 8.29. The Balaban J connectivity index is 2.03. The van der Waals surface area contributed by atoms with Crippen LogP contribution in [0.5, 0.6) is 0 Å². The first-order chi connectivity index (χ1) is 12.1. The highest BCUT2D eigenvalue weighted by atomic mass is 35.5. The summed E-state index contributed by atoms with van der Waals surface area (Å²) in [6, 6.07) is 14.8. The van der Waals surface area contributed by atoms with Gasteiger partial charge in [-0.1, -0.05) is 44.5 Å². The highest BCUT2D eigenvalue weighted by Crippen LogP contribution is 2.27. The number of halogens is 1. The molecule has 0 amide bonds. The Morgan fingerprint density at radius 2 is 2.00 bits per heavy atom. The van der Waals surface area contributed by atoms with Gasteiger partial charge >= 0.3 is 0 Å². The van der Waals surface area contributed by atoms with Crippen molar-refractivity contribution in [2.24, 2.45) is 5.92 Å². The molecule has 0 saturated heterocycles. The third kappa shape index (κ3) is 4.59. The van der Waals surface area contributed by atoms with Crippen molar-refractivity contribution in [3.63, 3.8) is 0 Å². The maximum Gasteiger partial charge on any atom is 0.110 e. The minimum Gasteiger partial charge on any atom is -0.323 e. The molecule has 0 saturated carbocycles. The van der Waals surface area contributed by atoms with E-state index in [2.05, 4.69) is 49.6 Å². The largest absolute Gasteiger partial charge is 0.323 e. The zero-order valence-corrected chi connectivity index (χ0v) is 16.7. The van der Waals surface area contributed by atoms with Gasteiger partial charge in [-0.05, 0) is 54.0 Å². The maximum atomic E-state index is 6.18. The van der Waals surface area contributed by atoms with Crippen LogP contribution >= 0.6 is 23.4 Å². The van der Waals surface area contributed by atoms with Gasteiger partial charge in [0, 0.05) is 22.9 Å². The van der Waals surface area contributed by atoms with E-state index in [1.807, 2.05) is 30.0 Å². The van der Waals surface area contributed by atoms with Crippen molar-refractivity contribution in [3.05, 3.63) is 58.9 Å². The van der Waals surface area contributed by atoms with Crippen molar-refractivity contribution in [2.45, 2.75) is 45.1 Å². The summed E-state index contributed by atoms with van der Waals surface area (Å²) in [5, 5.41) is 0.784. The number of nitrogens with zero attached hydrogens (tertiary/aromatic N) is 2. The molecule has 0 atom stereocenters. The predicted octanol–water partition coefficient (Wildman–Crippen LogP) is 6.44. The minimum absolute atomic E-state index is 0.573. The zero-order chi connectivity index (χ0) is 17.8. The van der Waals surface area contributed by atoms with E-state index in [4.69, 9.17) is 16.6 Å². The molecule has 0 aliphatic heterocycles. The lowest BCUT2D eigenvalue weighted by atomic mass is 10.1. The van der Waals surface area contributed by atoms with Gasteiger partial charge in [-0.3, -0.25) is 0 Å². The van der Waals surface area contributed by atoms with Crippen LogP contribution in [0.3, 0.4) is 0 Å². The van der Waals surface area contributed by atoms with E-state index >= 15 is 0 Å². The Hall–Kier alpha value is -1.45. The monoisotopic (exact) mass is 372 g/mol. The van der Waals surface area contributed by atoms with Crippen molar-refractivity contribution in [3.8, 4) is 0 Å². The quantitative estimate of drug-likeness (QED) is 0.444. The molecular weight excluding hydrogens is 348 g/mol. The summed E-state index contributed by atoms with van der Waals surface area (Å²) in [6.45, 7) is 7.51. The van der Waals surface area contributed by atoms with Crippen LogP contribution in [0.2, 0.25) is 5.02 Å². The molecule has 0 spiro atoms. The number of hydrogen-bond donors (Lipinski definition) is 0. The smallest absolute Gasteiger partial charge is 0.110 e. The van der Waals surface area contributed by atoms with E-state index < -0.39 is 0 Å². The summed E-state index contributed by atoms with van der Waals surface area (Å²) < 4.78 is 2.36. The molecule has 132 valence electrons. The summed E-state index contributed by atoms with van der Waals surface area (Å²) in [4.78, 5) is 6.23. The Bertz CT molecular complexity index is 854. The van der Waals surface area contributed by atoms with Crippen LogP contribution in [0.1, 0.15) is 38.6 Å². The van der Waals surface area contributed by atoms with Gasteiger partial charge in [0.1, 0.15) is 5.82 Å². The third-order valence-corrected chi connectivity index (χ3v) is 5.53. The third-order valence-electron chi connectivity index (χ3n) is 4.09. The number of hydrogen-bond acceptors (Lipinski definition) is 2. The number of imidazole rings is 1. The van der Waals surface area contributed by atoms with Crippen LogP contribution in [-0.2, 0) is 13.0 Å². The molecule has 0 aliphatic rings. The normalized spacial score (nSPS) is 11.6. The Morgan fingerprint density at radius 3 is 2.72 bits per heavy atom. The van der Waals surface area contributed by atoms with Crippen LogP contribution in [0.4, 0.5) is 0 Å². The fraction of sp³-hybridized carbons (Fsp3) is 0.381. The van der Waals surface area contributed by atoms with Gasteiger partial charge < -0.3 is 4.57 Å². The average molecular weight is 373 g/mol. The molecule has 2 aromatic carbocycles. The molecule has 3 aromatic rings. The standard InChI is InChI=1S/C21H25ClN2S/c1-4-10-25-18-8-9-19-20(13-18)24(21(23-19)11-15(2)3)14-16-6-5-7-17(22)12-16/h5-9,12-13,15H,4,10-11,14H2,1-3H3. The molecule has 25 heavy (non-hydrogen) atoms. The van der Waals surface area contributed by atoms with Crippen LogP contribution in [0, 0.1) is 5.92 Å². The molecule has 3 rings (SSSR count). The molecule has 0 unspecified atom stereocenters.